The van der Waals surface area contributed by atoms with Crippen molar-refractivity contribution in [3.8, 4) is 0 Å². The second-order valence-electron chi connectivity index (χ2n) is 4.50. The first kappa shape index (κ1) is 14.0. The molecule has 6 nitrogen and oxygen atoms in total. The summed E-state index contributed by atoms with van der Waals surface area (Å²) < 4.78 is 26.4. The lowest BCUT2D eigenvalue weighted by molar-refractivity contribution is -0.105. The monoisotopic (exact) mass is 283 g/mol. The normalized spacial score (nSPS) is 18.2. The van der Waals surface area contributed by atoms with Crippen LogP contribution in [0.25, 0.3) is 0 Å². The first-order valence-electron chi connectivity index (χ1n) is 6.03. The predicted molar refractivity (Wildman–Crippen MR) is 72.4 cm³/mol. The second kappa shape index (κ2) is 5.68. The molecule has 0 spiro atoms. The van der Waals surface area contributed by atoms with Gasteiger partial charge in [0.25, 0.3) is 0 Å². The van der Waals surface area contributed by atoms with E-state index in [0.717, 1.165) is 13.1 Å². The maximum Gasteiger partial charge on any atom is 0.243 e. The molecular weight excluding hydrogens is 266 g/mol. The summed E-state index contributed by atoms with van der Waals surface area (Å²) in [6.45, 7) is 2.44. The van der Waals surface area contributed by atoms with Gasteiger partial charge < -0.3 is 10.2 Å². The average molecular weight is 283 g/mol. The van der Waals surface area contributed by atoms with Crippen molar-refractivity contribution in [1.82, 2.24) is 9.21 Å². The number of nitrogens with zero attached hydrogens (tertiary/aromatic N) is 2. The predicted octanol–water partition coefficient (Wildman–Crippen LogP) is 0.191. The van der Waals surface area contributed by atoms with E-state index >= 15 is 0 Å². The molecule has 0 atom stereocenters. The number of hydrogen-bond acceptors (Lipinski definition) is 4. The molecule has 1 aromatic carbocycles. The molecule has 0 radical (unpaired) electrons. The van der Waals surface area contributed by atoms with Crippen LogP contribution in [0.15, 0.2) is 29.2 Å². The number of hydrogen-bond donors (Lipinski definition) is 1. The van der Waals surface area contributed by atoms with Gasteiger partial charge in [0.2, 0.25) is 16.4 Å². The Morgan fingerprint density at radius 3 is 2.53 bits per heavy atom. The number of benzene rings is 1. The molecule has 1 saturated heterocycles. The van der Waals surface area contributed by atoms with E-state index < -0.39 is 10.0 Å². The third-order valence-corrected chi connectivity index (χ3v) is 5.05. The summed E-state index contributed by atoms with van der Waals surface area (Å²) in [7, 11) is -1.50. The minimum atomic E-state index is -3.48. The van der Waals surface area contributed by atoms with Gasteiger partial charge in [0.1, 0.15) is 0 Å². The van der Waals surface area contributed by atoms with Crippen molar-refractivity contribution in [3.63, 3.8) is 0 Å². The summed E-state index contributed by atoms with van der Waals surface area (Å²) >= 11 is 0. The number of amides is 1. The molecule has 0 bridgehead atoms. The van der Waals surface area contributed by atoms with Gasteiger partial charge in [0, 0.05) is 31.9 Å². The number of anilines is 1. The van der Waals surface area contributed by atoms with E-state index in [1.54, 1.807) is 18.2 Å². The van der Waals surface area contributed by atoms with Crippen LogP contribution < -0.4 is 5.32 Å². The fourth-order valence-corrected chi connectivity index (χ4v) is 3.46. The van der Waals surface area contributed by atoms with Gasteiger partial charge in [0.15, 0.2) is 0 Å². The molecule has 0 aromatic heterocycles. The van der Waals surface area contributed by atoms with Crippen molar-refractivity contribution in [3.05, 3.63) is 24.3 Å². The summed E-state index contributed by atoms with van der Waals surface area (Å²) in [6.07, 6.45) is 0.529. The summed E-state index contributed by atoms with van der Waals surface area (Å²) in [6, 6.07) is 6.29. The fourth-order valence-electron chi connectivity index (χ4n) is 1.99. The highest BCUT2D eigenvalue weighted by atomic mass is 32.2. The van der Waals surface area contributed by atoms with Crippen molar-refractivity contribution in [2.24, 2.45) is 0 Å². The lowest BCUT2D eigenvalue weighted by Crippen LogP contribution is -2.47. The van der Waals surface area contributed by atoms with Crippen molar-refractivity contribution in [2.45, 2.75) is 4.90 Å². The average Bonchev–Trinajstić information content (AvgIpc) is 2.40. The number of carbonyl (C=O) groups is 1. The zero-order chi connectivity index (χ0) is 13.9. The molecule has 1 N–H and O–H groups in total. The van der Waals surface area contributed by atoms with E-state index in [-0.39, 0.29) is 4.90 Å². The van der Waals surface area contributed by atoms with Crippen LogP contribution in [0.3, 0.4) is 0 Å². The van der Waals surface area contributed by atoms with Gasteiger partial charge >= 0.3 is 0 Å². The van der Waals surface area contributed by atoms with Crippen LogP contribution in [0, 0.1) is 0 Å². The zero-order valence-corrected chi connectivity index (χ0v) is 11.6. The maximum atomic E-state index is 12.4. The van der Waals surface area contributed by atoms with Gasteiger partial charge in [-0.2, -0.15) is 4.31 Å². The summed E-state index contributed by atoms with van der Waals surface area (Å²) in [5.41, 5.74) is 0.477. The third kappa shape index (κ3) is 3.12. The first-order valence-corrected chi connectivity index (χ1v) is 7.47. The van der Waals surface area contributed by atoms with E-state index in [9.17, 15) is 13.2 Å². The Hall–Kier alpha value is -1.44. The lowest BCUT2D eigenvalue weighted by atomic mass is 10.3. The van der Waals surface area contributed by atoms with E-state index in [2.05, 4.69) is 10.2 Å². The number of rotatable bonds is 4. The standard InChI is InChI=1S/C12H17N3O3S/c1-14-5-7-15(8-6-14)19(17,18)12-4-2-3-11(9-12)13-10-16/h2-4,9-10H,5-8H2,1H3,(H,13,16). The second-order valence-corrected chi connectivity index (χ2v) is 6.44. The number of piperazine rings is 1. The van der Waals surface area contributed by atoms with Gasteiger partial charge in [-0.3, -0.25) is 4.79 Å². The first-order chi connectivity index (χ1) is 9.04. The summed E-state index contributed by atoms with van der Waals surface area (Å²) in [5.74, 6) is 0. The molecule has 104 valence electrons. The number of carbonyl (C=O) groups excluding carboxylic acids is 1. The zero-order valence-electron chi connectivity index (χ0n) is 10.7. The number of nitrogens with one attached hydrogen (secondary N) is 1. The molecular formula is C12H17N3O3S. The fraction of sp³-hybridized carbons (Fsp3) is 0.417. The Kier molecular flexibility index (Phi) is 4.18. The molecule has 1 aliphatic heterocycles. The van der Waals surface area contributed by atoms with Crippen LogP contribution in [0.5, 0.6) is 0 Å². The Balaban J connectivity index is 2.23. The Bertz CT molecular complexity index is 551. The van der Waals surface area contributed by atoms with Crippen molar-refractivity contribution in [2.75, 3.05) is 38.5 Å². The Morgan fingerprint density at radius 1 is 1.21 bits per heavy atom. The molecule has 0 saturated carbocycles. The molecule has 19 heavy (non-hydrogen) atoms. The van der Waals surface area contributed by atoms with E-state index in [1.165, 1.54) is 10.4 Å². The smallest absolute Gasteiger partial charge is 0.243 e. The minimum Gasteiger partial charge on any atom is -0.329 e. The van der Waals surface area contributed by atoms with Gasteiger partial charge in [-0.15, -0.1) is 0 Å². The van der Waals surface area contributed by atoms with Crippen LogP contribution in [0.1, 0.15) is 0 Å². The largest absolute Gasteiger partial charge is 0.329 e. The SMILES string of the molecule is CN1CCN(S(=O)(=O)c2cccc(NC=O)c2)CC1. The van der Waals surface area contributed by atoms with Crippen LogP contribution in [0.4, 0.5) is 5.69 Å². The molecule has 0 aliphatic carbocycles. The minimum absolute atomic E-state index is 0.212. The molecule has 1 heterocycles. The van der Waals surface area contributed by atoms with Crippen molar-refractivity contribution < 1.29 is 13.2 Å². The van der Waals surface area contributed by atoms with E-state index in [0.29, 0.717) is 25.2 Å². The molecule has 1 aromatic rings. The van der Waals surface area contributed by atoms with Crippen LogP contribution in [-0.4, -0.2) is 57.3 Å². The van der Waals surface area contributed by atoms with Crippen LogP contribution in [0.2, 0.25) is 0 Å². The molecule has 0 unspecified atom stereocenters. The highest BCUT2D eigenvalue weighted by molar-refractivity contribution is 7.89. The Labute approximate surface area is 113 Å². The van der Waals surface area contributed by atoms with E-state index in [4.69, 9.17) is 0 Å². The highest BCUT2D eigenvalue weighted by Gasteiger charge is 2.27. The van der Waals surface area contributed by atoms with Gasteiger partial charge in [-0.25, -0.2) is 8.42 Å². The lowest BCUT2D eigenvalue weighted by Gasteiger charge is -2.31. The molecule has 2 rings (SSSR count). The van der Waals surface area contributed by atoms with Crippen LogP contribution >= 0.6 is 0 Å². The van der Waals surface area contributed by atoms with Crippen LogP contribution in [-0.2, 0) is 14.8 Å². The summed E-state index contributed by atoms with van der Waals surface area (Å²) in [4.78, 5) is 12.7. The van der Waals surface area contributed by atoms with Gasteiger partial charge in [-0.05, 0) is 25.2 Å². The number of sulfonamides is 1. The van der Waals surface area contributed by atoms with Gasteiger partial charge in [-0.1, -0.05) is 6.07 Å². The summed E-state index contributed by atoms with van der Waals surface area (Å²) in [5, 5.41) is 2.46. The molecule has 7 heteroatoms. The molecule has 1 aliphatic rings. The molecule has 1 fully saturated rings. The third-order valence-electron chi connectivity index (χ3n) is 3.16. The van der Waals surface area contributed by atoms with Gasteiger partial charge in [0.05, 0.1) is 4.90 Å². The van der Waals surface area contributed by atoms with Crippen molar-refractivity contribution >= 4 is 22.1 Å². The topological polar surface area (TPSA) is 69.7 Å². The molecule has 1 amide bonds. The quantitative estimate of drug-likeness (QED) is 0.801. The van der Waals surface area contributed by atoms with E-state index in [1.807, 2.05) is 7.05 Å². The maximum absolute atomic E-state index is 12.4. The number of likely N-dealkylation sites (N-methyl/N-ethyl adjacent to an activating group) is 1. The van der Waals surface area contributed by atoms with Crippen molar-refractivity contribution in [1.29, 1.82) is 0 Å². The highest BCUT2D eigenvalue weighted by Crippen LogP contribution is 2.20. The Morgan fingerprint density at radius 2 is 1.89 bits per heavy atom.